The van der Waals surface area contributed by atoms with Crippen LogP contribution in [0.15, 0.2) is 100 Å². The van der Waals surface area contributed by atoms with Crippen molar-refractivity contribution in [2.45, 2.75) is 82.4 Å². The van der Waals surface area contributed by atoms with E-state index in [0.717, 1.165) is 15.2 Å². The van der Waals surface area contributed by atoms with Gasteiger partial charge in [-0.3, -0.25) is 0 Å². The normalized spacial score (nSPS) is 15.5. The molecule has 4 aromatic carbocycles. The Balaban J connectivity index is 1.77. The third-order valence-electron chi connectivity index (χ3n) is 9.54. The first-order valence-corrected chi connectivity index (χ1v) is 20.1. The van der Waals surface area contributed by atoms with E-state index in [1.807, 2.05) is 24.3 Å². The van der Waals surface area contributed by atoms with Crippen LogP contribution in [0.4, 0.5) is 13.2 Å². The molecule has 0 aromatic heterocycles. The molecule has 0 radical (unpaired) electrons. The van der Waals surface area contributed by atoms with Crippen molar-refractivity contribution in [2.75, 3.05) is 0 Å². The van der Waals surface area contributed by atoms with Gasteiger partial charge in [-0.15, -0.1) is 0 Å². The Morgan fingerprint density at radius 3 is 1.70 bits per heavy atom. The summed E-state index contributed by atoms with van der Waals surface area (Å²) in [5.41, 5.74) is 11.6. The predicted molar refractivity (Wildman–Crippen MR) is 184 cm³/mol. The minimum atomic E-state index is -4.41. The number of hydrogen-bond donors (Lipinski definition) is 0. The number of fused-ring (bicyclic) bond motifs is 3. The monoisotopic (exact) mass is 694 g/mol. The van der Waals surface area contributed by atoms with E-state index in [4.69, 9.17) is 0 Å². The predicted octanol–water partition coefficient (Wildman–Crippen LogP) is 11.7. The van der Waals surface area contributed by atoms with Gasteiger partial charge in [-0.1, -0.05) is 0 Å². The molecular weight excluding hydrogens is 653 g/mol. The van der Waals surface area contributed by atoms with Crippen LogP contribution in [0.2, 0.25) is 0 Å². The van der Waals surface area contributed by atoms with Gasteiger partial charge in [0.25, 0.3) is 0 Å². The summed E-state index contributed by atoms with van der Waals surface area (Å²) in [4.78, 5) is 0. The third-order valence-corrected chi connectivity index (χ3v) is 17.8. The van der Waals surface area contributed by atoms with Gasteiger partial charge in [0.1, 0.15) is 0 Å². The number of allylic oxidation sites excluding steroid dienone is 4. The van der Waals surface area contributed by atoms with Crippen molar-refractivity contribution >= 4 is 3.21 Å². The van der Waals surface area contributed by atoms with Gasteiger partial charge < -0.3 is 0 Å². The summed E-state index contributed by atoms with van der Waals surface area (Å²) in [6.45, 7) is 18.1. The molecule has 0 nitrogen and oxygen atoms in total. The van der Waals surface area contributed by atoms with Crippen LogP contribution in [0.25, 0.3) is 11.1 Å². The maximum atomic E-state index is 14.2. The summed E-state index contributed by atoms with van der Waals surface area (Å²) in [5, 5.41) is 0. The average Bonchev–Trinajstić information content (AvgIpc) is 3.60. The van der Waals surface area contributed by atoms with Crippen molar-refractivity contribution in [1.29, 1.82) is 0 Å². The summed E-state index contributed by atoms with van der Waals surface area (Å²) in [6.07, 6.45) is 3.06. The van der Waals surface area contributed by atoms with E-state index in [9.17, 15) is 13.2 Å². The van der Waals surface area contributed by atoms with Crippen LogP contribution in [0.5, 0.6) is 0 Å². The van der Waals surface area contributed by atoms with Gasteiger partial charge >= 0.3 is 282 Å². The van der Waals surface area contributed by atoms with Gasteiger partial charge in [-0.05, 0) is 0 Å². The van der Waals surface area contributed by atoms with E-state index in [2.05, 4.69) is 110 Å². The van der Waals surface area contributed by atoms with E-state index in [1.54, 1.807) is 6.07 Å². The summed E-state index contributed by atoms with van der Waals surface area (Å²) >= 11 is -3.13. The van der Waals surface area contributed by atoms with Crippen LogP contribution < -0.4 is 0 Å². The van der Waals surface area contributed by atoms with Gasteiger partial charge in [0.2, 0.25) is 0 Å². The van der Waals surface area contributed by atoms with Crippen molar-refractivity contribution in [3.8, 4) is 11.1 Å². The van der Waals surface area contributed by atoms with E-state index in [-0.39, 0.29) is 14.5 Å². The van der Waals surface area contributed by atoms with Gasteiger partial charge in [-0.25, -0.2) is 0 Å². The van der Waals surface area contributed by atoms with Crippen molar-refractivity contribution < 1.29 is 34.4 Å². The number of aryl methyl sites for hydroxylation is 2. The van der Waals surface area contributed by atoms with Crippen molar-refractivity contribution in [3.05, 3.63) is 150 Å². The van der Waals surface area contributed by atoms with E-state index >= 15 is 0 Å². The zero-order valence-electron chi connectivity index (χ0n) is 28.2. The number of alkyl halides is 3. The third kappa shape index (κ3) is 6.03. The summed E-state index contributed by atoms with van der Waals surface area (Å²) in [7, 11) is 0. The molecule has 0 fully saturated rings. The number of rotatable bonds is 4. The van der Waals surface area contributed by atoms with E-state index in [1.165, 1.54) is 59.9 Å². The molecule has 0 spiro atoms. The number of hydrogen-bond acceptors (Lipinski definition) is 0. The molecule has 0 N–H and O–H groups in total. The van der Waals surface area contributed by atoms with Crippen molar-refractivity contribution in [3.63, 3.8) is 0 Å². The van der Waals surface area contributed by atoms with E-state index < -0.39 is 33.0 Å². The van der Waals surface area contributed by atoms with Gasteiger partial charge in [0.15, 0.2) is 0 Å². The first kappa shape index (κ1) is 32.8. The average molecular weight is 696 g/mol. The number of halogens is 3. The van der Waals surface area contributed by atoms with Crippen LogP contribution in [-0.2, 0) is 38.3 Å². The Morgan fingerprint density at radius 1 is 0.674 bits per heavy atom. The van der Waals surface area contributed by atoms with Crippen LogP contribution in [0.3, 0.4) is 0 Å². The zero-order valence-corrected chi connectivity index (χ0v) is 30.6. The van der Waals surface area contributed by atoms with Gasteiger partial charge in [-0.2, -0.15) is 0 Å². The van der Waals surface area contributed by atoms with E-state index in [0.29, 0.717) is 5.56 Å². The molecule has 2 aliphatic rings. The molecule has 46 heavy (non-hydrogen) atoms. The second-order valence-corrected chi connectivity index (χ2v) is 21.3. The second-order valence-electron chi connectivity index (χ2n) is 15.0. The second kappa shape index (κ2) is 11.9. The Labute approximate surface area is 280 Å². The van der Waals surface area contributed by atoms with Crippen LogP contribution >= 0.6 is 0 Å². The first-order valence-electron chi connectivity index (χ1n) is 16.2. The standard InChI is InChI=1S/C23H29.C14H9F3.C5H5.Zr/c1-14-9-16-11-17-10-15(2)21(23(6,7)8)13-19(17)18(16)12-20(14)22(3,4)5;15-14(16,17)13-8-4-7-12(10-13)9-11-5-2-1-3-6-11;1-2-4-5-3-1;/h9-13H,1-8H3;1-8,10H;1-3H,4H2;. The topological polar surface area (TPSA) is 0 Å². The minimum absolute atomic E-state index is 0.0201. The molecule has 4 heteroatoms. The summed E-state index contributed by atoms with van der Waals surface area (Å²) in [6, 6.07) is 26.0. The molecule has 6 rings (SSSR count). The van der Waals surface area contributed by atoms with Gasteiger partial charge in [0, 0.05) is 0 Å². The molecule has 0 saturated carbocycles. The van der Waals surface area contributed by atoms with Crippen LogP contribution in [-0.4, -0.2) is 3.21 Å². The van der Waals surface area contributed by atoms with Crippen molar-refractivity contribution in [1.82, 2.24) is 0 Å². The fourth-order valence-corrected chi connectivity index (χ4v) is 16.5. The zero-order chi connectivity index (χ0) is 33.2. The molecule has 0 amide bonds. The molecule has 4 aromatic rings. The fraction of sp³-hybridized carbons (Fsp3) is 0.310. The van der Waals surface area contributed by atoms with Crippen LogP contribution in [0.1, 0.15) is 102 Å². The molecule has 2 aliphatic carbocycles. The molecule has 0 bridgehead atoms. The Hall–Kier alpha value is -3.10. The Kier molecular flexibility index (Phi) is 8.46. The molecule has 0 aliphatic heterocycles. The van der Waals surface area contributed by atoms with Crippen molar-refractivity contribution in [2.24, 2.45) is 0 Å². The molecule has 0 atom stereocenters. The summed E-state index contributed by atoms with van der Waals surface area (Å²) < 4.78 is 45.2. The maximum absolute atomic E-state index is 14.2. The molecule has 0 unspecified atom stereocenters. The quantitative estimate of drug-likeness (QED) is 0.199. The van der Waals surface area contributed by atoms with Gasteiger partial charge in [0.05, 0.1) is 0 Å². The fourth-order valence-electron chi connectivity index (χ4n) is 7.57. The Morgan fingerprint density at radius 2 is 1.22 bits per heavy atom. The van der Waals surface area contributed by atoms with Crippen LogP contribution in [0, 0.1) is 13.8 Å². The Bertz CT molecular complexity index is 1850. The SMILES string of the molecule is Cc1cc2c(cc1C(C)(C)C)-c1cc(C(C)(C)C)c(C)cc1[CH]2[Zr]([C]1=CC=CC1)=[C](c1ccccc1)c1cccc(C(F)(F)F)c1. The number of benzene rings is 4. The molecule has 0 saturated heterocycles. The molecule has 0 heterocycles. The summed E-state index contributed by atoms with van der Waals surface area (Å²) in [5.74, 6) is 0. The molecule has 236 valence electrons. The molecular formula is C42H43F3Zr. The first-order chi connectivity index (χ1) is 21.6.